The highest BCUT2D eigenvalue weighted by Crippen LogP contribution is 2.17. The van der Waals surface area contributed by atoms with E-state index in [1.54, 1.807) is 0 Å². The van der Waals surface area contributed by atoms with E-state index in [0.717, 1.165) is 30.2 Å². The van der Waals surface area contributed by atoms with Crippen LogP contribution in [-0.4, -0.2) is 12.6 Å². The number of halogens is 1. The molecule has 2 nitrogen and oxygen atoms in total. The summed E-state index contributed by atoms with van der Waals surface area (Å²) >= 11 is 3.52. The van der Waals surface area contributed by atoms with Gasteiger partial charge >= 0.3 is 5.97 Å². The van der Waals surface area contributed by atoms with Crippen LogP contribution in [0.15, 0.2) is 34.8 Å². The van der Waals surface area contributed by atoms with Gasteiger partial charge in [0, 0.05) is 10.9 Å². The molecule has 0 atom stereocenters. The zero-order valence-electron chi connectivity index (χ0n) is 11.4. The molecule has 0 aliphatic carbocycles. The molecule has 0 heterocycles. The summed E-state index contributed by atoms with van der Waals surface area (Å²) in [5, 5.41) is 0. The number of esters is 1. The van der Waals surface area contributed by atoms with Crippen LogP contribution >= 0.6 is 15.9 Å². The van der Waals surface area contributed by atoms with Gasteiger partial charge in [-0.15, -0.1) is 0 Å². The fraction of sp³-hybridized carbons (Fsp3) is 0.438. The first-order valence-corrected chi connectivity index (χ1v) is 7.60. The van der Waals surface area contributed by atoms with Crippen molar-refractivity contribution in [3.05, 3.63) is 40.4 Å². The minimum absolute atomic E-state index is 0.0775. The summed E-state index contributed by atoms with van der Waals surface area (Å²) in [7, 11) is 0. The van der Waals surface area contributed by atoms with Crippen LogP contribution in [0.2, 0.25) is 0 Å². The standard InChI is InChI=1S/C16H21BrO2/c1-2-19-16(18)13-7-5-3-4-6-10-14-11-8-9-12-15(14)17/h6,8-12H,2-5,7,13H2,1H3. The van der Waals surface area contributed by atoms with Crippen molar-refractivity contribution in [2.24, 2.45) is 0 Å². The molecule has 0 aliphatic heterocycles. The summed E-state index contributed by atoms with van der Waals surface area (Å²) in [6.45, 7) is 2.32. The van der Waals surface area contributed by atoms with Gasteiger partial charge in [-0.2, -0.15) is 0 Å². The summed E-state index contributed by atoms with van der Waals surface area (Å²) in [6, 6.07) is 8.17. The highest BCUT2D eigenvalue weighted by molar-refractivity contribution is 9.10. The summed E-state index contributed by atoms with van der Waals surface area (Å²) in [5.74, 6) is -0.0775. The number of hydrogen-bond donors (Lipinski definition) is 0. The van der Waals surface area contributed by atoms with Gasteiger partial charge in [0.2, 0.25) is 0 Å². The van der Waals surface area contributed by atoms with Crippen molar-refractivity contribution in [1.29, 1.82) is 0 Å². The second kappa shape index (κ2) is 9.79. The molecule has 1 aromatic rings. The summed E-state index contributed by atoms with van der Waals surface area (Å²) in [6.07, 6.45) is 9.01. The van der Waals surface area contributed by atoms with Crippen LogP contribution in [0.25, 0.3) is 6.08 Å². The highest BCUT2D eigenvalue weighted by Gasteiger charge is 1.99. The van der Waals surface area contributed by atoms with Gasteiger partial charge in [-0.05, 0) is 37.8 Å². The molecule has 0 aliphatic rings. The van der Waals surface area contributed by atoms with Gasteiger partial charge in [-0.1, -0.05) is 52.7 Å². The molecule has 0 fully saturated rings. The average Bonchev–Trinajstić information content (AvgIpc) is 2.40. The lowest BCUT2D eigenvalue weighted by molar-refractivity contribution is -0.143. The topological polar surface area (TPSA) is 26.3 Å². The summed E-state index contributed by atoms with van der Waals surface area (Å²) in [5.41, 5.74) is 1.20. The van der Waals surface area contributed by atoms with E-state index >= 15 is 0 Å². The Kier molecular flexibility index (Phi) is 8.23. The van der Waals surface area contributed by atoms with Gasteiger partial charge in [-0.3, -0.25) is 4.79 Å². The number of benzene rings is 1. The predicted molar refractivity (Wildman–Crippen MR) is 82.9 cm³/mol. The molecule has 0 amide bonds. The van der Waals surface area contributed by atoms with Gasteiger partial charge in [-0.25, -0.2) is 0 Å². The number of unbranched alkanes of at least 4 members (excludes halogenated alkanes) is 3. The lowest BCUT2D eigenvalue weighted by Gasteiger charge is -2.01. The molecule has 0 spiro atoms. The summed E-state index contributed by atoms with van der Waals surface area (Å²) in [4.78, 5) is 11.1. The van der Waals surface area contributed by atoms with Crippen LogP contribution in [0.4, 0.5) is 0 Å². The summed E-state index contributed by atoms with van der Waals surface area (Å²) < 4.78 is 6.00. The molecule has 0 radical (unpaired) electrons. The fourth-order valence-corrected chi connectivity index (χ4v) is 2.18. The van der Waals surface area contributed by atoms with Crippen LogP contribution in [0.3, 0.4) is 0 Å². The number of rotatable bonds is 8. The monoisotopic (exact) mass is 324 g/mol. The lowest BCUT2D eigenvalue weighted by Crippen LogP contribution is -2.02. The zero-order chi connectivity index (χ0) is 13.9. The van der Waals surface area contributed by atoms with E-state index < -0.39 is 0 Å². The van der Waals surface area contributed by atoms with Crippen molar-refractivity contribution >= 4 is 28.0 Å². The van der Waals surface area contributed by atoms with Crippen molar-refractivity contribution in [1.82, 2.24) is 0 Å². The van der Waals surface area contributed by atoms with Crippen LogP contribution in [-0.2, 0) is 9.53 Å². The van der Waals surface area contributed by atoms with Crippen molar-refractivity contribution in [3.8, 4) is 0 Å². The number of carbonyl (C=O) groups excluding carboxylic acids is 1. The maximum absolute atomic E-state index is 11.1. The van der Waals surface area contributed by atoms with E-state index in [4.69, 9.17) is 4.74 Å². The molecule has 0 N–H and O–H groups in total. The van der Waals surface area contributed by atoms with Gasteiger partial charge < -0.3 is 4.74 Å². The molecule has 104 valence electrons. The smallest absolute Gasteiger partial charge is 0.305 e. The zero-order valence-corrected chi connectivity index (χ0v) is 13.0. The lowest BCUT2D eigenvalue weighted by atomic mass is 10.1. The SMILES string of the molecule is CCOC(=O)CCCCCC=Cc1ccccc1Br. The van der Waals surface area contributed by atoms with Crippen LogP contribution in [0.5, 0.6) is 0 Å². The van der Waals surface area contributed by atoms with E-state index in [9.17, 15) is 4.79 Å². The van der Waals surface area contributed by atoms with Gasteiger partial charge in [0.15, 0.2) is 0 Å². The van der Waals surface area contributed by atoms with Crippen molar-refractivity contribution in [2.75, 3.05) is 6.61 Å². The second-order valence-electron chi connectivity index (χ2n) is 4.33. The van der Waals surface area contributed by atoms with E-state index in [1.807, 2.05) is 25.1 Å². The molecular formula is C16H21BrO2. The van der Waals surface area contributed by atoms with E-state index in [0.29, 0.717) is 13.0 Å². The van der Waals surface area contributed by atoms with E-state index in [1.165, 1.54) is 5.56 Å². The van der Waals surface area contributed by atoms with E-state index in [2.05, 4.69) is 34.1 Å². The Bertz CT molecular complexity index is 413. The van der Waals surface area contributed by atoms with E-state index in [-0.39, 0.29) is 5.97 Å². The molecule has 19 heavy (non-hydrogen) atoms. The molecule has 0 unspecified atom stereocenters. The van der Waals surface area contributed by atoms with Crippen LogP contribution in [0, 0.1) is 0 Å². The Hall–Kier alpha value is -1.09. The fourth-order valence-electron chi connectivity index (χ4n) is 1.76. The number of ether oxygens (including phenoxy) is 1. The third-order valence-electron chi connectivity index (χ3n) is 2.76. The molecule has 3 heteroatoms. The van der Waals surface area contributed by atoms with Gasteiger partial charge in [0.25, 0.3) is 0 Å². The van der Waals surface area contributed by atoms with Gasteiger partial charge in [0.05, 0.1) is 6.61 Å². The largest absolute Gasteiger partial charge is 0.466 e. The Labute approximate surface area is 124 Å². The third-order valence-corrected chi connectivity index (χ3v) is 3.48. The highest BCUT2D eigenvalue weighted by atomic mass is 79.9. The molecule has 0 bridgehead atoms. The molecule has 0 aromatic heterocycles. The Morgan fingerprint density at radius 1 is 1.26 bits per heavy atom. The number of carbonyl (C=O) groups is 1. The van der Waals surface area contributed by atoms with Crippen molar-refractivity contribution in [3.63, 3.8) is 0 Å². The second-order valence-corrected chi connectivity index (χ2v) is 5.18. The maximum atomic E-state index is 11.1. The molecule has 0 saturated carbocycles. The van der Waals surface area contributed by atoms with Crippen LogP contribution in [0.1, 0.15) is 44.6 Å². The predicted octanol–water partition coefficient (Wildman–Crippen LogP) is 4.98. The van der Waals surface area contributed by atoms with Gasteiger partial charge in [0.1, 0.15) is 0 Å². The quantitative estimate of drug-likeness (QED) is 0.498. The molecule has 1 rings (SSSR count). The van der Waals surface area contributed by atoms with Crippen LogP contribution < -0.4 is 0 Å². The average molecular weight is 325 g/mol. The molecule has 0 saturated heterocycles. The molecule has 1 aromatic carbocycles. The van der Waals surface area contributed by atoms with Crippen molar-refractivity contribution in [2.45, 2.75) is 39.0 Å². The molecular weight excluding hydrogens is 304 g/mol. The Morgan fingerprint density at radius 3 is 2.79 bits per heavy atom. The first kappa shape index (κ1) is 16.0. The van der Waals surface area contributed by atoms with Crippen molar-refractivity contribution < 1.29 is 9.53 Å². The minimum Gasteiger partial charge on any atom is -0.466 e. The Balaban J connectivity index is 2.11. The first-order chi connectivity index (χ1) is 9.24. The number of allylic oxidation sites excluding steroid dienone is 1. The number of hydrogen-bond acceptors (Lipinski definition) is 2. The third kappa shape index (κ3) is 7.16. The first-order valence-electron chi connectivity index (χ1n) is 6.80. The Morgan fingerprint density at radius 2 is 2.05 bits per heavy atom. The maximum Gasteiger partial charge on any atom is 0.305 e. The minimum atomic E-state index is -0.0775. The normalized spacial score (nSPS) is 10.8.